The zero-order valence-electron chi connectivity index (χ0n) is 12.1. The Morgan fingerprint density at radius 2 is 2.14 bits per heavy atom. The second-order valence-electron chi connectivity index (χ2n) is 5.12. The van der Waals surface area contributed by atoms with Crippen LogP contribution in [0, 0.1) is 11.3 Å². The van der Waals surface area contributed by atoms with Crippen molar-refractivity contribution in [3.8, 4) is 6.07 Å². The molecule has 1 aromatic rings. The van der Waals surface area contributed by atoms with Crippen LogP contribution in [0.3, 0.4) is 0 Å². The molecule has 1 atom stereocenters. The SMILES string of the molecule is CCCC(C#N)N1CCN(C(=O)c2ccc(Cl)cn2)CC1. The van der Waals surface area contributed by atoms with E-state index in [9.17, 15) is 10.1 Å². The lowest BCUT2D eigenvalue weighted by molar-refractivity contribution is 0.0595. The third-order valence-corrected chi connectivity index (χ3v) is 3.92. The maximum Gasteiger partial charge on any atom is 0.272 e. The standard InChI is InChI=1S/C15H19ClN4O/c1-2-3-13(10-17)19-6-8-20(9-7-19)15(21)14-5-4-12(16)11-18-14/h4-5,11,13H,2-3,6-9H2,1H3. The summed E-state index contributed by atoms with van der Waals surface area (Å²) in [6.07, 6.45) is 3.35. The number of nitriles is 1. The van der Waals surface area contributed by atoms with Crippen LogP contribution < -0.4 is 0 Å². The van der Waals surface area contributed by atoms with Crippen LogP contribution >= 0.6 is 11.6 Å². The Bertz CT molecular complexity index is 517. The van der Waals surface area contributed by atoms with Crippen LogP contribution in [0.4, 0.5) is 0 Å². The number of pyridine rings is 1. The monoisotopic (exact) mass is 306 g/mol. The topological polar surface area (TPSA) is 60.2 Å². The van der Waals surface area contributed by atoms with E-state index in [1.165, 1.54) is 6.20 Å². The summed E-state index contributed by atoms with van der Waals surface area (Å²) >= 11 is 5.78. The van der Waals surface area contributed by atoms with Crippen molar-refractivity contribution in [1.29, 1.82) is 5.26 Å². The lowest BCUT2D eigenvalue weighted by Gasteiger charge is -2.36. The van der Waals surface area contributed by atoms with Crippen molar-refractivity contribution >= 4 is 17.5 Å². The Hall–Kier alpha value is -1.64. The number of halogens is 1. The zero-order chi connectivity index (χ0) is 15.2. The highest BCUT2D eigenvalue weighted by Crippen LogP contribution is 2.13. The molecule has 1 saturated heterocycles. The third kappa shape index (κ3) is 3.93. The van der Waals surface area contributed by atoms with E-state index in [4.69, 9.17) is 11.6 Å². The van der Waals surface area contributed by atoms with Gasteiger partial charge in [0.2, 0.25) is 0 Å². The highest BCUT2D eigenvalue weighted by atomic mass is 35.5. The molecule has 112 valence electrons. The number of piperazine rings is 1. The first-order valence-electron chi connectivity index (χ1n) is 7.20. The van der Waals surface area contributed by atoms with Crippen molar-refractivity contribution in [3.05, 3.63) is 29.0 Å². The summed E-state index contributed by atoms with van der Waals surface area (Å²) in [6.45, 7) is 4.81. The van der Waals surface area contributed by atoms with Crippen LogP contribution in [0.1, 0.15) is 30.3 Å². The average Bonchev–Trinajstić information content (AvgIpc) is 2.53. The number of aromatic nitrogens is 1. The van der Waals surface area contributed by atoms with Gasteiger partial charge in [0, 0.05) is 32.4 Å². The highest BCUT2D eigenvalue weighted by Gasteiger charge is 2.26. The van der Waals surface area contributed by atoms with E-state index < -0.39 is 0 Å². The number of nitrogens with zero attached hydrogens (tertiary/aromatic N) is 4. The van der Waals surface area contributed by atoms with E-state index in [2.05, 4.69) is 22.9 Å². The van der Waals surface area contributed by atoms with Gasteiger partial charge in [-0.2, -0.15) is 5.26 Å². The lowest BCUT2D eigenvalue weighted by Crippen LogP contribution is -2.51. The van der Waals surface area contributed by atoms with Gasteiger partial charge < -0.3 is 4.90 Å². The molecule has 21 heavy (non-hydrogen) atoms. The maximum absolute atomic E-state index is 12.3. The molecule has 1 aromatic heterocycles. The Balaban J connectivity index is 1.93. The number of carbonyl (C=O) groups excluding carboxylic acids is 1. The van der Waals surface area contributed by atoms with Gasteiger partial charge in [0.1, 0.15) is 5.69 Å². The van der Waals surface area contributed by atoms with Crippen molar-refractivity contribution in [2.75, 3.05) is 26.2 Å². The molecular formula is C15H19ClN4O. The van der Waals surface area contributed by atoms with Crippen molar-refractivity contribution in [2.24, 2.45) is 0 Å². The molecule has 0 N–H and O–H groups in total. The number of amides is 1. The van der Waals surface area contributed by atoms with Crippen LogP contribution in [-0.4, -0.2) is 52.9 Å². The fourth-order valence-corrected chi connectivity index (χ4v) is 2.62. The summed E-state index contributed by atoms with van der Waals surface area (Å²) in [6, 6.07) is 5.63. The Kier molecular flexibility index (Phi) is 5.54. The Morgan fingerprint density at radius 1 is 1.43 bits per heavy atom. The molecule has 2 heterocycles. The van der Waals surface area contributed by atoms with E-state index in [1.807, 2.05) is 0 Å². The molecule has 6 heteroatoms. The van der Waals surface area contributed by atoms with Gasteiger partial charge in [-0.3, -0.25) is 9.69 Å². The smallest absolute Gasteiger partial charge is 0.272 e. The van der Waals surface area contributed by atoms with Crippen LogP contribution in [0.2, 0.25) is 5.02 Å². The number of hydrogen-bond donors (Lipinski definition) is 0. The largest absolute Gasteiger partial charge is 0.335 e. The predicted octanol–water partition coefficient (Wildman–Crippen LogP) is 2.19. The van der Waals surface area contributed by atoms with Gasteiger partial charge in [-0.15, -0.1) is 0 Å². The van der Waals surface area contributed by atoms with Crippen LogP contribution in [0.15, 0.2) is 18.3 Å². The van der Waals surface area contributed by atoms with E-state index in [-0.39, 0.29) is 11.9 Å². The van der Waals surface area contributed by atoms with Crippen molar-refractivity contribution < 1.29 is 4.79 Å². The molecule has 1 fully saturated rings. The fourth-order valence-electron chi connectivity index (χ4n) is 2.50. The van der Waals surface area contributed by atoms with E-state index in [0.29, 0.717) is 23.8 Å². The molecule has 1 aliphatic heterocycles. The maximum atomic E-state index is 12.3. The number of rotatable bonds is 4. The minimum atomic E-state index is -0.0738. The quantitative estimate of drug-likeness (QED) is 0.855. The Morgan fingerprint density at radius 3 is 2.67 bits per heavy atom. The molecule has 0 aliphatic carbocycles. The normalized spacial score (nSPS) is 17.3. The summed E-state index contributed by atoms with van der Waals surface area (Å²) < 4.78 is 0. The van der Waals surface area contributed by atoms with Gasteiger partial charge in [0.15, 0.2) is 0 Å². The fraction of sp³-hybridized carbons (Fsp3) is 0.533. The van der Waals surface area contributed by atoms with Crippen molar-refractivity contribution in [1.82, 2.24) is 14.8 Å². The molecule has 0 aromatic carbocycles. The molecule has 1 aliphatic rings. The average molecular weight is 307 g/mol. The van der Waals surface area contributed by atoms with Gasteiger partial charge in [-0.05, 0) is 18.6 Å². The molecule has 0 spiro atoms. The molecule has 0 bridgehead atoms. The molecule has 0 radical (unpaired) electrons. The van der Waals surface area contributed by atoms with Crippen LogP contribution in [-0.2, 0) is 0 Å². The second-order valence-corrected chi connectivity index (χ2v) is 5.56. The van der Waals surface area contributed by atoms with Gasteiger partial charge in [0.05, 0.1) is 17.1 Å². The molecule has 5 nitrogen and oxygen atoms in total. The third-order valence-electron chi connectivity index (χ3n) is 3.70. The van der Waals surface area contributed by atoms with Crippen LogP contribution in [0.25, 0.3) is 0 Å². The summed E-state index contributed by atoms with van der Waals surface area (Å²) in [5, 5.41) is 9.71. The first-order chi connectivity index (χ1) is 10.2. The van der Waals surface area contributed by atoms with Crippen molar-refractivity contribution in [3.63, 3.8) is 0 Å². The summed E-state index contributed by atoms with van der Waals surface area (Å²) in [4.78, 5) is 20.3. The Labute approximate surface area is 130 Å². The van der Waals surface area contributed by atoms with E-state index in [1.54, 1.807) is 17.0 Å². The van der Waals surface area contributed by atoms with E-state index >= 15 is 0 Å². The minimum absolute atomic E-state index is 0.0408. The van der Waals surface area contributed by atoms with Gasteiger partial charge in [0.25, 0.3) is 5.91 Å². The van der Waals surface area contributed by atoms with Crippen molar-refractivity contribution in [2.45, 2.75) is 25.8 Å². The molecule has 1 amide bonds. The molecular weight excluding hydrogens is 288 g/mol. The molecule has 1 unspecified atom stereocenters. The summed E-state index contributed by atoms with van der Waals surface area (Å²) in [5.74, 6) is -0.0738. The lowest BCUT2D eigenvalue weighted by atomic mass is 10.1. The first-order valence-corrected chi connectivity index (χ1v) is 7.58. The second kappa shape index (κ2) is 7.39. The van der Waals surface area contributed by atoms with Gasteiger partial charge >= 0.3 is 0 Å². The van der Waals surface area contributed by atoms with Gasteiger partial charge in [-0.1, -0.05) is 24.9 Å². The highest BCUT2D eigenvalue weighted by molar-refractivity contribution is 6.30. The molecule has 2 rings (SSSR count). The number of hydrogen-bond acceptors (Lipinski definition) is 4. The van der Waals surface area contributed by atoms with Gasteiger partial charge in [-0.25, -0.2) is 4.98 Å². The predicted molar refractivity (Wildman–Crippen MR) is 81.0 cm³/mol. The summed E-state index contributed by atoms with van der Waals surface area (Å²) in [5.41, 5.74) is 0.415. The zero-order valence-corrected chi connectivity index (χ0v) is 12.9. The minimum Gasteiger partial charge on any atom is -0.335 e. The first kappa shape index (κ1) is 15.7. The van der Waals surface area contributed by atoms with Crippen LogP contribution in [0.5, 0.6) is 0 Å². The van der Waals surface area contributed by atoms with E-state index in [0.717, 1.165) is 25.9 Å². The number of carbonyl (C=O) groups is 1. The summed E-state index contributed by atoms with van der Waals surface area (Å²) in [7, 11) is 0. The molecule has 0 saturated carbocycles.